The fourth-order valence-corrected chi connectivity index (χ4v) is 2.02. The Hall–Kier alpha value is -0.870. The Morgan fingerprint density at radius 3 is 3.07 bits per heavy atom. The van der Waals surface area contributed by atoms with E-state index in [-0.39, 0.29) is 0 Å². The monoisotopic (exact) mass is 194 g/mol. The van der Waals surface area contributed by atoms with Crippen molar-refractivity contribution in [2.75, 3.05) is 6.54 Å². The first-order valence-corrected chi connectivity index (χ1v) is 5.31. The maximum atomic E-state index is 5.83. The van der Waals surface area contributed by atoms with Crippen LogP contribution in [0.15, 0.2) is 18.5 Å². The lowest BCUT2D eigenvalue weighted by Crippen LogP contribution is -2.31. The summed E-state index contributed by atoms with van der Waals surface area (Å²) >= 11 is 0. The second-order valence-electron chi connectivity index (χ2n) is 3.99. The van der Waals surface area contributed by atoms with Gasteiger partial charge in [0.15, 0.2) is 0 Å². The zero-order valence-electron chi connectivity index (χ0n) is 8.39. The van der Waals surface area contributed by atoms with Gasteiger partial charge in [-0.2, -0.15) is 5.10 Å². The smallest absolute Gasteiger partial charge is 0.0534 e. The molecule has 1 fully saturated rings. The first kappa shape index (κ1) is 9.68. The van der Waals surface area contributed by atoms with Crippen molar-refractivity contribution in [3.63, 3.8) is 0 Å². The molecule has 0 amide bonds. The molecule has 2 rings (SSSR count). The highest BCUT2D eigenvalue weighted by atomic mass is 15.3. The first-order chi connectivity index (χ1) is 6.84. The normalized spacial score (nSPS) is 26.9. The van der Waals surface area contributed by atoms with Crippen LogP contribution in [0, 0.1) is 0 Å². The van der Waals surface area contributed by atoms with Gasteiger partial charge in [-0.1, -0.05) is 0 Å². The van der Waals surface area contributed by atoms with Crippen LogP contribution >= 0.6 is 0 Å². The van der Waals surface area contributed by atoms with Gasteiger partial charge in [-0.3, -0.25) is 4.68 Å². The minimum Gasteiger partial charge on any atom is -0.328 e. The highest BCUT2D eigenvalue weighted by Gasteiger charge is 2.20. The first-order valence-electron chi connectivity index (χ1n) is 5.31. The molecule has 1 aromatic heterocycles. The largest absolute Gasteiger partial charge is 0.328 e. The van der Waals surface area contributed by atoms with Crippen molar-refractivity contribution in [1.82, 2.24) is 15.1 Å². The van der Waals surface area contributed by atoms with Crippen molar-refractivity contribution in [1.29, 1.82) is 0 Å². The summed E-state index contributed by atoms with van der Waals surface area (Å²) in [7, 11) is 0. The van der Waals surface area contributed by atoms with Gasteiger partial charge in [-0.25, -0.2) is 0 Å². The molecule has 0 saturated heterocycles. The summed E-state index contributed by atoms with van der Waals surface area (Å²) in [6, 6.07) is 2.99. The fraction of sp³-hybridized carbons (Fsp3) is 0.700. The van der Waals surface area contributed by atoms with Crippen molar-refractivity contribution in [2.24, 2.45) is 5.73 Å². The Labute approximate surface area is 84.5 Å². The van der Waals surface area contributed by atoms with E-state index in [2.05, 4.69) is 10.4 Å². The highest BCUT2D eigenvalue weighted by molar-refractivity contribution is 4.83. The van der Waals surface area contributed by atoms with Crippen LogP contribution in [0.5, 0.6) is 0 Å². The van der Waals surface area contributed by atoms with Crippen molar-refractivity contribution in [3.8, 4) is 0 Å². The lowest BCUT2D eigenvalue weighted by Gasteiger charge is -2.11. The van der Waals surface area contributed by atoms with Crippen LogP contribution in [-0.2, 0) is 6.54 Å². The summed E-state index contributed by atoms with van der Waals surface area (Å²) in [6.07, 6.45) is 7.31. The molecule has 78 valence electrons. The summed E-state index contributed by atoms with van der Waals surface area (Å²) in [4.78, 5) is 0. The van der Waals surface area contributed by atoms with E-state index in [1.165, 1.54) is 12.8 Å². The molecule has 0 aromatic carbocycles. The second kappa shape index (κ2) is 4.57. The molecule has 1 aliphatic carbocycles. The minimum atomic E-state index is 0.414. The number of rotatable bonds is 4. The Kier molecular flexibility index (Phi) is 3.16. The number of nitrogens with zero attached hydrogens (tertiary/aromatic N) is 2. The molecule has 0 radical (unpaired) electrons. The van der Waals surface area contributed by atoms with Crippen LogP contribution in [0.2, 0.25) is 0 Å². The average molecular weight is 194 g/mol. The van der Waals surface area contributed by atoms with Gasteiger partial charge >= 0.3 is 0 Å². The molecule has 0 bridgehead atoms. The van der Waals surface area contributed by atoms with Crippen molar-refractivity contribution in [2.45, 2.75) is 37.9 Å². The lowest BCUT2D eigenvalue weighted by atomic mass is 10.2. The molecular formula is C10H18N4. The van der Waals surface area contributed by atoms with E-state index in [4.69, 9.17) is 5.73 Å². The molecule has 0 aliphatic heterocycles. The van der Waals surface area contributed by atoms with E-state index in [0.717, 1.165) is 19.5 Å². The van der Waals surface area contributed by atoms with Gasteiger partial charge in [-0.05, 0) is 25.3 Å². The molecule has 1 heterocycles. The summed E-state index contributed by atoms with van der Waals surface area (Å²) in [5.74, 6) is 0. The Balaban J connectivity index is 1.64. The van der Waals surface area contributed by atoms with Gasteiger partial charge < -0.3 is 11.1 Å². The lowest BCUT2D eigenvalue weighted by molar-refractivity contribution is 0.476. The Bertz CT molecular complexity index is 257. The van der Waals surface area contributed by atoms with Crippen molar-refractivity contribution >= 4 is 0 Å². The number of hydrogen-bond acceptors (Lipinski definition) is 3. The molecule has 3 N–H and O–H groups in total. The van der Waals surface area contributed by atoms with E-state index >= 15 is 0 Å². The van der Waals surface area contributed by atoms with E-state index in [1.54, 1.807) is 0 Å². The molecule has 1 aliphatic rings. The third kappa shape index (κ3) is 2.56. The van der Waals surface area contributed by atoms with Gasteiger partial charge in [0.05, 0.1) is 6.54 Å². The number of nitrogens with one attached hydrogen (secondary N) is 1. The van der Waals surface area contributed by atoms with E-state index in [9.17, 15) is 0 Å². The Morgan fingerprint density at radius 1 is 1.50 bits per heavy atom. The van der Waals surface area contributed by atoms with Gasteiger partial charge in [-0.15, -0.1) is 0 Å². The van der Waals surface area contributed by atoms with Crippen LogP contribution in [-0.4, -0.2) is 28.4 Å². The molecule has 1 aromatic rings. The molecule has 0 spiro atoms. The maximum absolute atomic E-state index is 5.83. The van der Waals surface area contributed by atoms with Crippen LogP contribution in [0.4, 0.5) is 0 Å². The molecule has 14 heavy (non-hydrogen) atoms. The number of hydrogen-bond donors (Lipinski definition) is 2. The third-order valence-corrected chi connectivity index (χ3v) is 2.81. The second-order valence-corrected chi connectivity index (χ2v) is 3.99. The van der Waals surface area contributed by atoms with Crippen molar-refractivity contribution < 1.29 is 0 Å². The molecule has 1 saturated carbocycles. The fourth-order valence-electron chi connectivity index (χ4n) is 2.02. The number of nitrogens with two attached hydrogens (primary N) is 1. The van der Waals surface area contributed by atoms with E-state index in [0.29, 0.717) is 12.1 Å². The van der Waals surface area contributed by atoms with Gasteiger partial charge in [0, 0.05) is 31.0 Å². The average Bonchev–Trinajstić information content (AvgIpc) is 2.77. The predicted molar refractivity (Wildman–Crippen MR) is 55.8 cm³/mol. The molecular weight excluding hydrogens is 176 g/mol. The van der Waals surface area contributed by atoms with Gasteiger partial charge in [0.2, 0.25) is 0 Å². The molecule has 2 atom stereocenters. The van der Waals surface area contributed by atoms with Crippen LogP contribution in [0.3, 0.4) is 0 Å². The van der Waals surface area contributed by atoms with Crippen molar-refractivity contribution in [3.05, 3.63) is 18.5 Å². The van der Waals surface area contributed by atoms with E-state index < -0.39 is 0 Å². The van der Waals surface area contributed by atoms with Crippen LogP contribution < -0.4 is 11.1 Å². The quantitative estimate of drug-likeness (QED) is 0.727. The van der Waals surface area contributed by atoms with Gasteiger partial charge in [0.25, 0.3) is 0 Å². The third-order valence-electron chi connectivity index (χ3n) is 2.81. The SMILES string of the molecule is NC1CCC(NCCn2cccn2)C1. The molecule has 2 unspecified atom stereocenters. The molecule has 4 heteroatoms. The predicted octanol–water partition coefficient (Wildman–Crippen LogP) is 0.352. The number of aromatic nitrogens is 2. The van der Waals surface area contributed by atoms with Crippen LogP contribution in [0.1, 0.15) is 19.3 Å². The summed E-state index contributed by atoms with van der Waals surface area (Å²) in [6.45, 7) is 1.93. The molecule has 4 nitrogen and oxygen atoms in total. The highest BCUT2D eigenvalue weighted by Crippen LogP contribution is 2.16. The topological polar surface area (TPSA) is 55.9 Å². The van der Waals surface area contributed by atoms with E-state index in [1.807, 2.05) is 23.1 Å². The zero-order valence-corrected chi connectivity index (χ0v) is 8.39. The van der Waals surface area contributed by atoms with Gasteiger partial charge in [0.1, 0.15) is 0 Å². The maximum Gasteiger partial charge on any atom is 0.0534 e. The summed E-state index contributed by atoms with van der Waals surface area (Å²) in [5.41, 5.74) is 5.83. The summed E-state index contributed by atoms with van der Waals surface area (Å²) in [5, 5.41) is 7.66. The minimum absolute atomic E-state index is 0.414. The zero-order chi connectivity index (χ0) is 9.80. The summed E-state index contributed by atoms with van der Waals surface area (Å²) < 4.78 is 1.95. The standard InChI is InChI=1S/C10H18N4/c11-9-2-3-10(8-9)12-5-7-14-6-1-4-13-14/h1,4,6,9-10,12H,2-3,5,7-8,11H2. The van der Waals surface area contributed by atoms with Crippen LogP contribution in [0.25, 0.3) is 0 Å². The Morgan fingerprint density at radius 2 is 2.43 bits per heavy atom.